The Kier molecular flexibility index (Phi) is 3.35. The molecule has 1 aliphatic heterocycles. The van der Waals surface area contributed by atoms with Gasteiger partial charge in [-0.15, -0.1) is 0 Å². The molecule has 0 aliphatic carbocycles. The second-order valence-corrected chi connectivity index (χ2v) is 4.98. The van der Waals surface area contributed by atoms with E-state index in [0.29, 0.717) is 22.2 Å². The fraction of sp³-hybridized carbons (Fsp3) is 0.133. The van der Waals surface area contributed by atoms with Crippen LogP contribution in [0.25, 0.3) is 0 Å². The molecule has 5 nitrogen and oxygen atoms in total. The van der Waals surface area contributed by atoms with Gasteiger partial charge in [-0.05, 0) is 29.8 Å². The van der Waals surface area contributed by atoms with Crippen molar-refractivity contribution in [2.45, 2.75) is 6.54 Å². The molecule has 106 valence electrons. The van der Waals surface area contributed by atoms with Gasteiger partial charge in [-0.1, -0.05) is 11.6 Å². The average Bonchev–Trinajstić information content (AvgIpc) is 2.72. The number of carbonyl (C=O) groups is 2. The van der Waals surface area contributed by atoms with Crippen molar-refractivity contribution < 1.29 is 14.3 Å². The number of rotatable bonds is 3. The van der Waals surface area contributed by atoms with Gasteiger partial charge < -0.3 is 9.64 Å². The SMILES string of the molecule is COc1ccc2c(c1)N(Cc1ccnc(Cl)c1)C(=O)C2=O. The smallest absolute Gasteiger partial charge is 0.299 e. The molecule has 0 unspecified atom stereocenters. The number of benzene rings is 1. The monoisotopic (exact) mass is 302 g/mol. The van der Waals surface area contributed by atoms with Crippen LogP contribution < -0.4 is 9.64 Å². The van der Waals surface area contributed by atoms with Gasteiger partial charge in [-0.2, -0.15) is 0 Å². The highest BCUT2D eigenvalue weighted by atomic mass is 35.5. The number of methoxy groups -OCH3 is 1. The molecule has 1 aromatic carbocycles. The third kappa shape index (κ3) is 2.36. The minimum absolute atomic E-state index is 0.257. The molecule has 0 saturated carbocycles. The van der Waals surface area contributed by atoms with Crippen LogP contribution in [-0.2, 0) is 11.3 Å². The molecule has 0 saturated heterocycles. The van der Waals surface area contributed by atoms with E-state index < -0.39 is 11.7 Å². The van der Waals surface area contributed by atoms with E-state index in [1.165, 1.54) is 12.0 Å². The van der Waals surface area contributed by atoms with E-state index in [0.717, 1.165) is 5.56 Å². The number of pyridine rings is 1. The van der Waals surface area contributed by atoms with Crippen molar-refractivity contribution in [3.8, 4) is 5.75 Å². The van der Waals surface area contributed by atoms with Crippen LogP contribution in [-0.4, -0.2) is 23.8 Å². The molecule has 2 heterocycles. The Morgan fingerprint density at radius 2 is 2.05 bits per heavy atom. The summed E-state index contributed by atoms with van der Waals surface area (Å²) in [6.07, 6.45) is 1.56. The van der Waals surface area contributed by atoms with Crippen LogP contribution >= 0.6 is 11.6 Å². The Bertz CT molecular complexity index is 745. The Hall–Kier alpha value is -2.40. The molecule has 3 rings (SSSR count). The first-order valence-electron chi connectivity index (χ1n) is 6.25. The lowest BCUT2D eigenvalue weighted by Gasteiger charge is -2.17. The number of aromatic nitrogens is 1. The van der Waals surface area contributed by atoms with Crippen LogP contribution in [0.2, 0.25) is 5.15 Å². The van der Waals surface area contributed by atoms with E-state index >= 15 is 0 Å². The molecule has 0 spiro atoms. The molecule has 0 radical (unpaired) electrons. The van der Waals surface area contributed by atoms with Gasteiger partial charge in [0.2, 0.25) is 0 Å². The van der Waals surface area contributed by atoms with Gasteiger partial charge in [0.15, 0.2) is 0 Å². The molecule has 1 aliphatic rings. The molecule has 0 bridgehead atoms. The van der Waals surface area contributed by atoms with Crippen LogP contribution in [0.3, 0.4) is 0 Å². The minimum Gasteiger partial charge on any atom is -0.497 e. The van der Waals surface area contributed by atoms with Gasteiger partial charge >= 0.3 is 0 Å². The summed E-state index contributed by atoms with van der Waals surface area (Å²) < 4.78 is 5.15. The standard InChI is InChI=1S/C15H11ClN2O3/c1-21-10-2-3-11-12(7-10)18(15(20)14(11)19)8-9-4-5-17-13(16)6-9/h2-7H,8H2,1H3. The zero-order valence-electron chi connectivity index (χ0n) is 11.2. The number of fused-ring (bicyclic) bond motifs is 1. The van der Waals surface area contributed by atoms with E-state index in [1.807, 2.05) is 0 Å². The summed E-state index contributed by atoms with van der Waals surface area (Å²) in [5.74, 6) is -0.465. The second kappa shape index (κ2) is 5.18. The summed E-state index contributed by atoms with van der Waals surface area (Å²) in [7, 11) is 1.54. The van der Waals surface area contributed by atoms with Gasteiger partial charge in [0.25, 0.3) is 11.7 Å². The van der Waals surface area contributed by atoms with Gasteiger partial charge in [-0.3, -0.25) is 9.59 Å². The number of hydrogen-bond donors (Lipinski definition) is 0. The first-order valence-corrected chi connectivity index (χ1v) is 6.62. The minimum atomic E-state index is -0.550. The molecule has 1 amide bonds. The maximum atomic E-state index is 12.1. The number of amides is 1. The van der Waals surface area contributed by atoms with Crippen molar-refractivity contribution in [3.05, 3.63) is 52.8 Å². The highest BCUT2D eigenvalue weighted by Gasteiger charge is 2.36. The Morgan fingerprint density at radius 1 is 1.24 bits per heavy atom. The van der Waals surface area contributed by atoms with Crippen LogP contribution in [0.4, 0.5) is 5.69 Å². The lowest BCUT2D eigenvalue weighted by atomic mass is 10.1. The van der Waals surface area contributed by atoms with Crippen molar-refractivity contribution in [1.29, 1.82) is 0 Å². The maximum absolute atomic E-state index is 12.1. The van der Waals surface area contributed by atoms with Gasteiger partial charge in [0.1, 0.15) is 10.9 Å². The van der Waals surface area contributed by atoms with Crippen molar-refractivity contribution >= 4 is 29.0 Å². The lowest BCUT2D eigenvalue weighted by molar-refractivity contribution is -0.114. The van der Waals surface area contributed by atoms with E-state index in [-0.39, 0.29) is 6.54 Å². The van der Waals surface area contributed by atoms with Crippen LogP contribution in [0.1, 0.15) is 15.9 Å². The molecular formula is C15H11ClN2O3. The highest BCUT2D eigenvalue weighted by Crippen LogP contribution is 2.33. The Morgan fingerprint density at radius 3 is 2.76 bits per heavy atom. The molecular weight excluding hydrogens is 292 g/mol. The summed E-state index contributed by atoms with van der Waals surface area (Å²) in [6.45, 7) is 0.257. The normalized spacial score (nSPS) is 13.5. The number of halogens is 1. The van der Waals surface area contributed by atoms with E-state index in [1.54, 1.807) is 36.5 Å². The molecule has 6 heteroatoms. The van der Waals surface area contributed by atoms with Crippen LogP contribution in [0, 0.1) is 0 Å². The third-order valence-corrected chi connectivity index (χ3v) is 3.52. The summed E-state index contributed by atoms with van der Waals surface area (Å²) >= 11 is 5.84. The first-order chi connectivity index (χ1) is 10.1. The summed E-state index contributed by atoms with van der Waals surface area (Å²) in [5, 5.41) is 0.344. The summed E-state index contributed by atoms with van der Waals surface area (Å²) in [4.78, 5) is 29.4. The van der Waals surface area contributed by atoms with Gasteiger partial charge in [-0.25, -0.2) is 4.98 Å². The molecule has 0 N–H and O–H groups in total. The molecule has 21 heavy (non-hydrogen) atoms. The number of hydrogen-bond acceptors (Lipinski definition) is 4. The lowest BCUT2D eigenvalue weighted by Crippen LogP contribution is -2.29. The van der Waals surface area contributed by atoms with Gasteiger partial charge in [0.05, 0.1) is 24.9 Å². The molecule has 2 aromatic rings. The molecule has 0 atom stereocenters. The number of carbonyl (C=O) groups excluding carboxylic acids is 2. The van der Waals surface area contributed by atoms with Crippen LogP contribution in [0.15, 0.2) is 36.5 Å². The molecule has 0 fully saturated rings. The van der Waals surface area contributed by atoms with Crippen molar-refractivity contribution in [3.63, 3.8) is 0 Å². The predicted octanol–water partition coefficient (Wildman–Crippen LogP) is 2.47. The topological polar surface area (TPSA) is 59.5 Å². The summed E-state index contributed by atoms with van der Waals surface area (Å²) in [5.41, 5.74) is 1.74. The van der Waals surface area contributed by atoms with Crippen molar-refractivity contribution in [2.75, 3.05) is 12.0 Å². The zero-order valence-corrected chi connectivity index (χ0v) is 11.9. The molecule has 1 aromatic heterocycles. The maximum Gasteiger partial charge on any atom is 0.299 e. The largest absolute Gasteiger partial charge is 0.497 e. The van der Waals surface area contributed by atoms with E-state index in [4.69, 9.17) is 16.3 Å². The van der Waals surface area contributed by atoms with Gasteiger partial charge in [0, 0.05) is 12.3 Å². The van der Waals surface area contributed by atoms with E-state index in [9.17, 15) is 9.59 Å². The summed E-state index contributed by atoms with van der Waals surface area (Å²) in [6, 6.07) is 8.37. The Balaban J connectivity index is 2.00. The average molecular weight is 303 g/mol. The highest BCUT2D eigenvalue weighted by molar-refractivity contribution is 6.52. The fourth-order valence-electron chi connectivity index (χ4n) is 2.28. The quantitative estimate of drug-likeness (QED) is 0.645. The number of ether oxygens (including phenoxy) is 1. The van der Waals surface area contributed by atoms with Crippen molar-refractivity contribution in [2.24, 2.45) is 0 Å². The zero-order chi connectivity index (χ0) is 15.0. The number of nitrogens with zero attached hydrogens (tertiary/aromatic N) is 2. The Labute approximate surface area is 126 Å². The van der Waals surface area contributed by atoms with E-state index in [2.05, 4.69) is 4.98 Å². The van der Waals surface area contributed by atoms with Crippen molar-refractivity contribution in [1.82, 2.24) is 4.98 Å². The van der Waals surface area contributed by atoms with Crippen LogP contribution in [0.5, 0.6) is 5.75 Å². The number of anilines is 1. The fourth-order valence-corrected chi connectivity index (χ4v) is 2.48. The number of ketones is 1. The predicted molar refractivity (Wildman–Crippen MR) is 77.8 cm³/mol. The first kappa shape index (κ1) is 13.6. The second-order valence-electron chi connectivity index (χ2n) is 4.59. The number of Topliss-reactive ketones (excluding diaryl/α,β-unsaturated/α-hetero) is 1. The third-order valence-electron chi connectivity index (χ3n) is 3.31.